The lowest BCUT2D eigenvalue weighted by atomic mass is 10.0. The van der Waals surface area contributed by atoms with Crippen LogP contribution in [0, 0.1) is 6.92 Å². The number of hydrogen-bond acceptors (Lipinski definition) is 4. The molecule has 2 aromatic carbocycles. The molecule has 27 heavy (non-hydrogen) atoms. The molecule has 0 amide bonds. The molecule has 1 aromatic heterocycles. The van der Waals surface area contributed by atoms with Crippen molar-refractivity contribution < 1.29 is 9.47 Å². The summed E-state index contributed by atoms with van der Waals surface area (Å²) in [5.74, 6) is 1.63. The van der Waals surface area contributed by atoms with E-state index in [0.717, 1.165) is 32.7 Å². The second kappa shape index (κ2) is 8.69. The van der Waals surface area contributed by atoms with Crippen LogP contribution < -0.4 is 4.74 Å². The Hall–Kier alpha value is -2.85. The van der Waals surface area contributed by atoms with Gasteiger partial charge in [-0.2, -0.15) is 0 Å². The number of rotatable bonds is 7. The van der Waals surface area contributed by atoms with Gasteiger partial charge < -0.3 is 9.47 Å². The highest BCUT2D eigenvalue weighted by atomic mass is 32.1. The largest absolute Gasteiger partial charge is 0.497 e. The summed E-state index contributed by atoms with van der Waals surface area (Å²) in [7, 11) is 1.64. The number of hydrogen-bond donors (Lipinski definition) is 0. The number of thiazole rings is 1. The van der Waals surface area contributed by atoms with Crippen LogP contribution in [0.5, 0.6) is 5.75 Å². The SMILES string of the molecule is C=C/C(=C\c1sc(-c2ccc(-c3ccc(OCC)cc3)cc2)nc1C)OC. The minimum Gasteiger partial charge on any atom is -0.497 e. The molecule has 0 aliphatic rings. The van der Waals surface area contributed by atoms with Crippen molar-refractivity contribution in [3.8, 4) is 27.4 Å². The second-order valence-electron chi connectivity index (χ2n) is 5.96. The van der Waals surface area contributed by atoms with Crippen LogP contribution >= 0.6 is 11.3 Å². The van der Waals surface area contributed by atoms with Gasteiger partial charge in [0.2, 0.25) is 0 Å². The Labute approximate surface area is 164 Å². The lowest BCUT2D eigenvalue weighted by molar-refractivity contribution is 0.311. The van der Waals surface area contributed by atoms with Crippen LogP contribution in [0.25, 0.3) is 27.8 Å². The third-order valence-corrected chi connectivity index (χ3v) is 5.33. The third-order valence-electron chi connectivity index (χ3n) is 4.17. The van der Waals surface area contributed by atoms with Gasteiger partial charge in [-0.1, -0.05) is 43.0 Å². The number of allylic oxidation sites excluding steroid dienone is 1. The fourth-order valence-electron chi connectivity index (χ4n) is 2.71. The van der Waals surface area contributed by atoms with E-state index in [1.165, 1.54) is 11.1 Å². The molecular weight excluding hydrogens is 354 g/mol. The van der Waals surface area contributed by atoms with Crippen molar-refractivity contribution in [1.82, 2.24) is 4.98 Å². The molecule has 3 nitrogen and oxygen atoms in total. The van der Waals surface area contributed by atoms with Gasteiger partial charge in [0.05, 0.1) is 24.3 Å². The van der Waals surface area contributed by atoms with Gasteiger partial charge in [0, 0.05) is 5.56 Å². The van der Waals surface area contributed by atoms with Crippen molar-refractivity contribution in [3.63, 3.8) is 0 Å². The van der Waals surface area contributed by atoms with E-state index in [4.69, 9.17) is 14.5 Å². The molecular formula is C23H23NO2S. The lowest BCUT2D eigenvalue weighted by Crippen LogP contribution is -1.90. The quantitative estimate of drug-likeness (QED) is 0.355. The molecule has 3 aromatic rings. The molecule has 0 N–H and O–H groups in total. The van der Waals surface area contributed by atoms with E-state index in [-0.39, 0.29) is 0 Å². The number of ether oxygens (including phenoxy) is 2. The Kier molecular flexibility index (Phi) is 6.09. The van der Waals surface area contributed by atoms with Crippen molar-refractivity contribution >= 4 is 17.4 Å². The van der Waals surface area contributed by atoms with Gasteiger partial charge in [0.15, 0.2) is 0 Å². The molecule has 0 aliphatic carbocycles. The van der Waals surface area contributed by atoms with Crippen LogP contribution in [0.3, 0.4) is 0 Å². The Morgan fingerprint density at radius 2 is 1.63 bits per heavy atom. The van der Waals surface area contributed by atoms with Crippen molar-refractivity contribution in [2.24, 2.45) is 0 Å². The van der Waals surface area contributed by atoms with Crippen LogP contribution in [-0.4, -0.2) is 18.7 Å². The molecule has 0 unspecified atom stereocenters. The maximum Gasteiger partial charge on any atom is 0.124 e. The van der Waals surface area contributed by atoms with Crippen molar-refractivity contribution in [1.29, 1.82) is 0 Å². The van der Waals surface area contributed by atoms with Crippen LogP contribution in [0.15, 0.2) is 66.9 Å². The normalized spacial score (nSPS) is 11.3. The van der Waals surface area contributed by atoms with Crippen molar-refractivity contribution in [2.45, 2.75) is 13.8 Å². The highest BCUT2D eigenvalue weighted by Gasteiger charge is 2.09. The van der Waals surface area contributed by atoms with Gasteiger partial charge in [-0.15, -0.1) is 11.3 Å². The zero-order valence-corrected chi connectivity index (χ0v) is 16.7. The zero-order chi connectivity index (χ0) is 19.2. The molecule has 0 atom stereocenters. The summed E-state index contributed by atoms with van der Waals surface area (Å²) in [5, 5.41) is 0.997. The predicted octanol–water partition coefficient (Wildman–Crippen LogP) is 6.36. The van der Waals surface area contributed by atoms with E-state index in [1.807, 2.05) is 32.1 Å². The van der Waals surface area contributed by atoms with E-state index in [9.17, 15) is 0 Å². The zero-order valence-electron chi connectivity index (χ0n) is 15.9. The van der Waals surface area contributed by atoms with E-state index in [2.05, 4.69) is 43.0 Å². The first kappa shape index (κ1) is 18.9. The highest BCUT2D eigenvalue weighted by molar-refractivity contribution is 7.16. The lowest BCUT2D eigenvalue weighted by Gasteiger charge is -2.06. The van der Waals surface area contributed by atoms with Gasteiger partial charge in [0.1, 0.15) is 16.5 Å². The smallest absolute Gasteiger partial charge is 0.124 e. The molecule has 0 fully saturated rings. The number of aryl methyl sites for hydroxylation is 1. The summed E-state index contributed by atoms with van der Waals surface area (Å²) in [4.78, 5) is 5.79. The molecule has 3 rings (SSSR count). The minimum atomic E-state index is 0.678. The van der Waals surface area contributed by atoms with E-state index in [1.54, 1.807) is 24.5 Å². The van der Waals surface area contributed by atoms with E-state index >= 15 is 0 Å². The first-order valence-electron chi connectivity index (χ1n) is 8.83. The Morgan fingerprint density at radius 3 is 2.19 bits per heavy atom. The molecule has 1 heterocycles. The molecule has 0 bridgehead atoms. The van der Waals surface area contributed by atoms with Crippen LogP contribution in [0.1, 0.15) is 17.5 Å². The van der Waals surface area contributed by atoms with E-state index in [0.29, 0.717) is 6.61 Å². The van der Waals surface area contributed by atoms with Gasteiger partial charge >= 0.3 is 0 Å². The topological polar surface area (TPSA) is 31.4 Å². The average Bonchev–Trinajstić information content (AvgIpc) is 3.07. The Morgan fingerprint density at radius 1 is 1.04 bits per heavy atom. The Bertz CT molecular complexity index is 938. The maximum atomic E-state index is 5.50. The molecule has 0 saturated heterocycles. The van der Waals surface area contributed by atoms with Gasteiger partial charge in [-0.3, -0.25) is 0 Å². The van der Waals surface area contributed by atoms with Crippen molar-refractivity contribution in [2.75, 3.05) is 13.7 Å². The monoisotopic (exact) mass is 377 g/mol. The molecule has 0 saturated carbocycles. The minimum absolute atomic E-state index is 0.678. The van der Waals surface area contributed by atoms with Crippen molar-refractivity contribution in [3.05, 3.63) is 77.5 Å². The number of methoxy groups -OCH3 is 1. The molecule has 0 spiro atoms. The molecule has 0 aliphatic heterocycles. The van der Waals surface area contributed by atoms with Gasteiger partial charge in [-0.05, 0) is 49.3 Å². The maximum absolute atomic E-state index is 5.50. The summed E-state index contributed by atoms with van der Waals surface area (Å²) in [6.45, 7) is 8.44. The standard InChI is InChI=1S/C23H23NO2S/c1-5-20(25-4)15-22-16(3)24-23(27-22)19-9-7-17(8-10-19)18-11-13-21(14-12-18)26-6-2/h5,7-15H,1,6H2,2-4H3/b20-15+. The number of nitrogens with zero attached hydrogens (tertiary/aromatic N) is 1. The summed E-state index contributed by atoms with van der Waals surface area (Å²) < 4.78 is 10.8. The first-order valence-corrected chi connectivity index (χ1v) is 9.65. The predicted molar refractivity (Wildman–Crippen MR) is 114 cm³/mol. The van der Waals surface area contributed by atoms with Crippen LogP contribution in [-0.2, 0) is 4.74 Å². The molecule has 138 valence electrons. The van der Waals surface area contributed by atoms with Gasteiger partial charge in [-0.25, -0.2) is 4.98 Å². The summed E-state index contributed by atoms with van der Waals surface area (Å²) >= 11 is 1.65. The molecule has 0 radical (unpaired) electrons. The van der Waals surface area contributed by atoms with Crippen LogP contribution in [0.4, 0.5) is 0 Å². The number of benzene rings is 2. The fourth-order valence-corrected chi connectivity index (χ4v) is 3.72. The Balaban J connectivity index is 1.83. The number of aromatic nitrogens is 1. The highest BCUT2D eigenvalue weighted by Crippen LogP contribution is 2.31. The van der Waals surface area contributed by atoms with Gasteiger partial charge in [0.25, 0.3) is 0 Å². The molecule has 4 heteroatoms. The summed E-state index contributed by atoms with van der Waals surface area (Å²) in [6, 6.07) is 16.6. The second-order valence-corrected chi connectivity index (χ2v) is 6.99. The first-order chi connectivity index (χ1) is 13.1. The summed E-state index contributed by atoms with van der Waals surface area (Å²) in [5.41, 5.74) is 4.43. The van der Waals surface area contributed by atoms with Crippen LogP contribution in [0.2, 0.25) is 0 Å². The average molecular weight is 378 g/mol. The third kappa shape index (κ3) is 4.47. The van der Waals surface area contributed by atoms with E-state index < -0.39 is 0 Å². The fraction of sp³-hybridized carbons (Fsp3) is 0.174. The summed E-state index contributed by atoms with van der Waals surface area (Å²) in [6.07, 6.45) is 3.67.